The molecular formula is C22H25N5O3S. The minimum Gasteiger partial charge on any atom is -0.454 e. The standard InChI is InChI=1S/C22H25N5O3S/c1-3-26-6-8-27(9-7-26)22(28)19-14(2)18-20(24-12-25-21(18)31-19)23-11-15-4-5-16-17(10-15)30-13-29-16/h4-5,10,12H,3,6-9,11,13H2,1-2H3,(H,23,24,25). The predicted molar refractivity (Wildman–Crippen MR) is 120 cm³/mol. The number of aryl methyl sites for hydroxylation is 1. The van der Waals surface area contributed by atoms with E-state index < -0.39 is 0 Å². The van der Waals surface area contributed by atoms with Gasteiger partial charge in [-0.3, -0.25) is 4.79 Å². The van der Waals surface area contributed by atoms with E-state index in [9.17, 15) is 4.79 Å². The molecule has 1 N–H and O–H groups in total. The molecule has 2 aromatic heterocycles. The molecule has 162 valence electrons. The van der Waals surface area contributed by atoms with Crippen LogP contribution in [0.5, 0.6) is 11.5 Å². The minimum atomic E-state index is 0.0953. The lowest BCUT2D eigenvalue weighted by molar-refractivity contribution is 0.0647. The zero-order valence-electron chi connectivity index (χ0n) is 17.7. The van der Waals surface area contributed by atoms with Gasteiger partial charge >= 0.3 is 0 Å². The molecule has 0 aliphatic carbocycles. The molecule has 31 heavy (non-hydrogen) atoms. The highest BCUT2D eigenvalue weighted by Crippen LogP contribution is 2.35. The van der Waals surface area contributed by atoms with E-state index in [1.807, 2.05) is 30.0 Å². The number of aromatic nitrogens is 2. The lowest BCUT2D eigenvalue weighted by atomic mass is 10.1. The number of anilines is 1. The zero-order chi connectivity index (χ0) is 21.4. The molecule has 2 aliphatic rings. The van der Waals surface area contributed by atoms with Crippen molar-refractivity contribution in [3.8, 4) is 11.5 Å². The maximum Gasteiger partial charge on any atom is 0.264 e. The fourth-order valence-corrected chi connectivity index (χ4v) is 5.17. The molecule has 4 heterocycles. The van der Waals surface area contributed by atoms with E-state index in [0.29, 0.717) is 6.54 Å². The SMILES string of the molecule is CCN1CCN(C(=O)c2sc3ncnc(NCc4ccc5c(c4)OCO5)c3c2C)CC1. The number of nitrogens with zero attached hydrogens (tertiary/aromatic N) is 4. The van der Waals surface area contributed by atoms with Gasteiger partial charge in [0.25, 0.3) is 5.91 Å². The lowest BCUT2D eigenvalue weighted by Crippen LogP contribution is -2.48. The Bertz CT molecular complexity index is 1120. The van der Waals surface area contributed by atoms with Crippen LogP contribution in [0, 0.1) is 6.92 Å². The Morgan fingerprint density at radius 3 is 2.77 bits per heavy atom. The number of rotatable bonds is 5. The van der Waals surface area contributed by atoms with Gasteiger partial charge in [-0.2, -0.15) is 0 Å². The van der Waals surface area contributed by atoms with E-state index in [4.69, 9.17) is 9.47 Å². The molecule has 9 heteroatoms. The van der Waals surface area contributed by atoms with Crippen LogP contribution in [0.3, 0.4) is 0 Å². The molecular weight excluding hydrogens is 414 g/mol. The molecule has 8 nitrogen and oxygen atoms in total. The summed E-state index contributed by atoms with van der Waals surface area (Å²) in [5.41, 5.74) is 2.01. The molecule has 0 radical (unpaired) electrons. The highest BCUT2D eigenvalue weighted by atomic mass is 32.1. The average Bonchev–Trinajstić information content (AvgIpc) is 3.41. The van der Waals surface area contributed by atoms with Crippen LogP contribution in [-0.4, -0.2) is 65.2 Å². The van der Waals surface area contributed by atoms with Crippen LogP contribution < -0.4 is 14.8 Å². The molecule has 0 spiro atoms. The molecule has 1 saturated heterocycles. The lowest BCUT2D eigenvalue weighted by Gasteiger charge is -2.33. The molecule has 0 saturated carbocycles. The molecule has 1 fully saturated rings. The van der Waals surface area contributed by atoms with Crippen molar-refractivity contribution in [3.05, 3.63) is 40.5 Å². The van der Waals surface area contributed by atoms with Gasteiger partial charge in [0.2, 0.25) is 6.79 Å². The van der Waals surface area contributed by atoms with Gasteiger partial charge in [-0.25, -0.2) is 9.97 Å². The number of fused-ring (bicyclic) bond motifs is 2. The zero-order valence-corrected chi connectivity index (χ0v) is 18.5. The number of likely N-dealkylation sites (N-methyl/N-ethyl adjacent to an activating group) is 1. The Morgan fingerprint density at radius 2 is 1.97 bits per heavy atom. The first kappa shape index (κ1) is 20.0. The van der Waals surface area contributed by atoms with Crippen LogP contribution in [-0.2, 0) is 6.54 Å². The van der Waals surface area contributed by atoms with Crippen molar-refractivity contribution in [2.75, 3.05) is 44.8 Å². The van der Waals surface area contributed by atoms with Crippen LogP contribution >= 0.6 is 11.3 Å². The van der Waals surface area contributed by atoms with Gasteiger partial charge in [-0.15, -0.1) is 11.3 Å². The van der Waals surface area contributed by atoms with Crippen molar-refractivity contribution in [2.24, 2.45) is 0 Å². The number of piperazine rings is 1. The monoisotopic (exact) mass is 439 g/mol. The van der Waals surface area contributed by atoms with Gasteiger partial charge in [0, 0.05) is 32.7 Å². The summed E-state index contributed by atoms with van der Waals surface area (Å²) in [5, 5.41) is 4.33. The molecule has 5 rings (SSSR count). The molecule has 3 aromatic rings. The molecule has 1 amide bonds. The number of hydrogen-bond donors (Lipinski definition) is 1. The van der Waals surface area contributed by atoms with Gasteiger partial charge in [0.05, 0.1) is 10.3 Å². The minimum absolute atomic E-state index is 0.0953. The Hall–Kier alpha value is -2.91. The molecule has 0 bridgehead atoms. The Kier molecular flexibility index (Phi) is 5.37. The third-order valence-corrected chi connectivity index (χ3v) is 7.11. The first-order valence-electron chi connectivity index (χ1n) is 10.5. The number of carbonyl (C=O) groups excluding carboxylic acids is 1. The summed E-state index contributed by atoms with van der Waals surface area (Å²) in [6.07, 6.45) is 1.55. The molecule has 0 unspecified atom stereocenters. The van der Waals surface area contributed by atoms with E-state index in [2.05, 4.69) is 27.1 Å². The largest absolute Gasteiger partial charge is 0.454 e. The van der Waals surface area contributed by atoms with Crippen molar-refractivity contribution < 1.29 is 14.3 Å². The highest BCUT2D eigenvalue weighted by molar-refractivity contribution is 7.20. The van der Waals surface area contributed by atoms with E-state index in [-0.39, 0.29) is 12.7 Å². The number of thiophene rings is 1. The van der Waals surface area contributed by atoms with Crippen LogP contribution in [0.15, 0.2) is 24.5 Å². The number of benzene rings is 1. The van der Waals surface area contributed by atoms with Gasteiger partial charge in [0.15, 0.2) is 11.5 Å². The molecule has 2 aliphatic heterocycles. The van der Waals surface area contributed by atoms with Gasteiger partial charge in [-0.1, -0.05) is 13.0 Å². The average molecular weight is 440 g/mol. The van der Waals surface area contributed by atoms with E-state index >= 15 is 0 Å². The van der Waals surface area contributed by atoms with E-state index in [1.165, 1.54) is 11.3 Å². The second kappa shape index (κ2) is 8.32. The third kappa shape index (κ3) is 3.79. The van der Waals surface area contributed by atoms with Crippen LogP contribution in [0.4, 0.5) is 5.82 Å². The normalized spacial score (nSPS) is 16.1. The Morgan fingerprint density at radius 1 is 1.16 bits per heavy atom. The van der Waals surface area contributed by atoms with Crippen molar-refractivity contribution in [1.29, 1.82) is 0 Å². The van der Waals surface area contributed by atoms with Gasteiger partial charge < -0.3 is 24.6 Å². The second-order valence-corrected chi connectivity index (χ2v) is 8.73. The van der Waals surface area contributed by atoms with Crippen molar-refractivity contribution >= 4 is 33.3 Å². The fourth-order valence-electron chi connectivity index (χ4n) is 4.06. The summed E-state index contributed by atoms with van der Waals surface area (Å²) in [5.74, 6) is 2.36. The second-order valence-electron chi connectivity index (χ2n) is 7.73. The summed E-state index contributed by atoms with van der Waals surface area (Å²) >= 11 is 1.45. The van der Waals surface area contributed by atoms with Gasteiger partial charge in [-0.05, 0) is 36.7 Å². The highest BCUT2D eigenvalue weighted by Gasteiger charge is 2.26. The van der Waals surface area contributed by atoms with Crippen LogP contribution in [0.1, 0.15) is 27.7 Å². The summed E-state index contributed by atoms with van der Waals surface area (Å²) in [6, 6.07) is 5.89. The topological polar surface area (TPSA) is 79.8 Å². The number of amides is 1. The number of hydrogen-bond acceptors (Lipinski definition) is 8. The summed E-state index contributed by atoms with van der Waals surface area (Å²) in [4.78, 5) is 28.0. The Balaban J connectivity index is 1.36. The van der Waals surface area contributed by atoms with Gasteiger partial charge in [0.1, 0.15) is 17.0 Å². The number of ether oxygens (including phenoxy) is 2. The van der Waals surface area contributed by atoms with Crippen molar-refractivity contribution in [2.45, 2.75) is 20.4 Å². The summed E-state index contributed by atoms with van der Waals surface area (Å²) in [7, 11) is 0. The van der Waals surface area contributed by atoms with E-state index in [0.717, 1.165) is 76.3 Å². The first-order valence-corrected chi connectivity index (χ1v) is 11.3. The van der Waals surface area contributed by atoms with E-state index in [1.54, 1.807) is 6.33 Å². The van der Waals surface area contributed by atoms with Crippen LogP contribution in [0.2, 0.25) is 0 Å². The number of nitrogens with one attached hydrogen (secondary N) is 1. The summed E-state index contributed by atoms with van der Waals surface area (Å²) in [6.45, 7) is 9.40. The Labute approximate surface area is 184 Å². The molecule has 1 aromatic carbocycles. The van der Waals surface area contributed by atoms with Crippen molar-refractivity contribution in [1.82, 2.24) is 19.8 Å². The maximum atomic E-state index is 13.2. The number of carbonyl (C=O) groups is 1. The fraction of sp³-hybridized carbons (Fsp3) is 0.409. The maximum absolute atomic E-state index is 13.2. The smallest absolute Gasteiger partial charge is 0.264 e. The predicted octanol–water partition coefficient (Wildman–Crippen LogP) is 3.12. The third-order valence-electron chi connectivity index (χ3n) is 5.92. The van der Waals surface area contributed by atoms with Crippen LogP contribution in [0.25, 0.3) is 10.2 Å². The first-order chi connectivity index (χ1) is 15.1. The summed E-state index contributed by atoms with van der Waals surface area (Å²) < 4.78 is 10.8. The molecule has 0 atom stereocenters. The quantitative estimate of drug-likeness (QED) is 0.654. The van der Waals surface area contributed by atoms with Crippen molar-refractivity contribution in [3.63, 3.8) is 0 Å².